The summed E-state index contributed by atoms with van der Waals surface area (Å²) in [4.78, 5) is 14.2. The van der Waals surface area contributed by atoms with E-state index in [0.717, 1.165) is 19.5 Å². The Kier molecular flexibility index (Phi) is 5.29. The van der Waals surface area contributed by atoms with E-state index in [9.17, 15) is 9.18 Å². The van der Waals surface area contributed by atoms with E-state index in [1.54, 1.807) is 32.9 Å². The molecule has 1 heterocycles. The Bertz CT molecular complexity index is 541. The van der Waals surface area contributed by atoms with Crippen LogP contribution in [0, 0.1) is 5.82 Å². The molecule has 0 radical (unpaired) electrons. The lowest BCUT2D eigenvalue weighted by molar-refractivity contribution is 0.0478. The molecule has 0 aromatic heterocycles. The van der Waals surface area contributed by atoms with Crippen molar-refractivity contribution in [2.75, 3.05) is 19.6 Å². The molecular weight excluding hydrogens is 307 g/mol. The lowest BCUT2D eigenvalue weighted by Gasteiger charge is -2.34. The lowest BCUT2D eigenvalue weighted by atomic mass is 10.0. The van der Waals surface area contributed by atoms with E-state index >= 15 is 0 Å². The summed E-state index contributed by atoms with van der Waals surface area (Å²) in [5.74, 6) is -0.422. The Morgan fingerprint density at radius 3 is 2.64 bits per heavy atom. The highest BCUT2D eigenvalue weighted by atomic mass is 35.5. The Morgan fingerprint density at radius 1 is 1.45 bits per heavy atom. The molecule has 1 aliphatic heterocycles. The van der Waals surface area contributed by atoms with Gasteiger partial charge in [-0.15, -0.1) is 0 Å². The van der Waals surface area contributed by atoms with Gasteiger partial charge in [0.05, 0.1) is 6.04 Å². The second-order valence-electron chi connectivity index (χ2n) is 6.52. The van der Waals surface area contributed by atoms with Crippen LogP contribution in [-0.2, 0) is 4.74 Å². The number of amides is 1. The zero-order chi connectivity index (χ0) is 16.3. The topological polar surface area (TPSA) is 41.6 Å². The molecule has 2 rings (SSSR count). The number of rotatable bonds is 4. The smallest absolute Gasteiger partial charge is 0.408 e. The second kappa shape index (κ2) is 6.84. The summed E-state index contributed by atoms with van der Waals surface area (Å²) in [7, 11) is 0. The minimum Gasteiger partial charge on any atom is -0.444 e. The van der Waals surface area contributed by atoms with Crippen molar-refractivity contribution in [3.63, 3.8) is 0 Å². The first kappa shape index (κ1) is 17.0. The third-order valence-corrected chi connectivity index (χ3v) is 3.65. The fraction of sp³-hybridized carbons (Fsp3) is 0.562. The van der Waals surface area contributed by atoms with E-state index in [2.05, 4.69) is 10.2 Å². The molecule has 1 fully saturated rings. The number of ether oxygens (including phenoxy) is 1. The molecule has 6 heteroatoms. The third kappa shape index (κ3) is 4.85. The van der Waals surface area contributed by atoms with Gasteiger partial charge in [0.2, 0.25) is 0 Å². The van der Waals surface area contributed by atoms with Crippen molar-refractivity contribution >= 4 is 17.7 Å². The minimum absolute atomic E-state index is 0.334. The van der Waals surface area contributed by atoms with Crippen LogP contribution in [0.4, 0.5) is 9.18 Å². The molecule has 4 nitrogen and oxygen atoms in total. The van der Waals surface area contributed by atoms with Crippen LogP contribution in [0.2, 0.25) is 5.02 Å². The molecule has 0 saturated carbocycles. The van der Waals surface area contributed by atoms with Crippen LogP contribution in [0.25, 0.3) is 0 Å². The maximum absolute atomic E-state index is 14.2. The van der Waals surface area contributed by atoms with E-state index < -0.39 is 23.6 Å². The molecule has 1 atom stereocenters. The fourth-order valence-electron chi connectivity index (χ4n) is 2.28. The van der Waals surface area contributed by atoms with Crippen LogP contribution in [0.5, 0.6) is 0 Å². The third-order valence-electron chi connectivity index (χ3n) is 3.42. The zero-order valence-corrected chi connectivity index (χ0v) is 13.9. The molecule has 0 spiro atoms. The van der Waals surface area contributed by atoms with E-state index in [1.807, 2.05) is 0 Å². The monoisotopic (exact) mass is 328 g/mol. The summed E-state index contributed by atoms with van der Waals surface area (Å²) in [6.07, 6.45) is 0.579. The second-order valence-corrected chi connectivity index (χ2v) is 6.96. The van der Waals surface area contributed by atoms with Crippen molar-refractivity contribution in [2.24, 2.45) is 0 Å². The summed E-state index contributed by atoms with van der Waals surface area (Å²) in [5, 5.41) is 3.10. The standard InChI is InChI=1S/C16H22ClFN2O2/c1-16(2,3)22-15(21)19-14(10-20-7-4-8-20)12-6-5-11(17)9-13(12)18/h5-6,9,14H,4,7-8,10H2,1-3H3,(H,19,21)/t14-/m1/s1. The Hall–Kier alpha value is -1.33. The number of hydrogen-bond acceptors (Lipinski definition) is 3. The summed E-state index contributed by atoms with van der Waals surface area (Å²) in [5.41, 5.74) is -0.175. The number of likely N-dealkylation sites (tertiary alicyclic amines) is 1. The SMILES string of the molecule is CC(C)(C)OC(=O)N[C@H](CN1CCC1)c1ccc(Cl)cc1F. The van der Waals surface area contributed by atoms with Gasteiger partial charge in [-0.05, 0) is 52.4 Å². The summed E-state index contributed by atoms with van der Waals surface area (Å²) in [6.45, 7) is 7.85. The van der Waals surface area contributed by atoms with E-state index in [-0.39, 0.29) is 0 Å². The van der Waals surface area contributed by atoms with Gasteiger partial charge in [0.25, 0.3) is 0 Å². The number of halogens is 2. The molecule has 1 aromatic rings. The van der Waals surface area contributed by atoms with Gasteiger partial charge in [-0.25, -0.2) is 9.18 Å². The quantitative estimate of drug-likeness (QED) is 0.915. The molecule has 1 N–H and O–H groups in total. The molecule has 22 heavy (non-hydrogen) atoms. The van der Waals surface area contributed by atoms with Gasteiger partial charge in [0.1, 0.15) is 11.4 Å². The first-order valence-corrected chi connectivity index (χ1v) is 7.79. The van der Waals surface area contributed by atoms with Crippen LogP contribution < -0.4 is 5.32 Å². The van der Waals surface area contributed by atoms with Crippen LogP contribution in [0.15, 0.2) is 18.2 Å². The Labute approximate surface area is 135 Å². The Morgan fingerprint density at radius 2 is 2.14 bits per heavy atom. The van der Waals surface area contributed by atoms with Crippen LogP contribution in [0.3, 0.4) is 0 Å². The highest BCUT2D eigenvalue weighted by Crippen LogP contribution is 2.24. The van der Waals surface area contributed by atoms with Crippen molar-refractivity contribution in [3.05, 3.63) is 34.6 Å². The number of carbonyl (C=O) groups excluding carboxylic acids is 1. The summed E-state index contributed by atoms with van der Waals surface area (Å²) < 4.78 is 19.4. The maximum atomic E-state index is 14.2. The number of nitrogens with one attached hydrogen (secondary N) is 1. The first-order chi connectivity index (χ1) is 10.2. The molecule has 0 aliphatic carbocycles. The predicted molar refractivity (Wildman–Crippen MR) is 84.6 cm³/mol. The molecule has 0 unspecified atom stereocenters. The van der Waals surface area contributed by atoms with Gasteiger partial charge < -0.3 is 15.0 Å². The van der Waals surface area contributed by atoms with Gasteiger partial charge in [0, 0.05) is 17.1 Å². The maximum Gasteiger partial charge on any atom is 0.408 e. The molecule has 1 amide bonds. The van der Waals surface area contributed by atoms with Crippen LogP contribution >= 0.6 is 11.6 Å². The van der Waals surface area contributed by atoms with Gasteiger partial charge in [-0.2, -0.15) is 0 Å². The molecule has 0 bridgehead atoms. The van der Waals surface area contributed by atoms with E-state index in [0.29, 0.717) is 17.1 Å². The average Bonchev–Trinajstić information content (AvgIpc) is 2.30. The number of benzene rings is 1. The minimum atomic E-state index is -0.593. The van der Waals surface area contributed by atoms with Crippen molar-refractivity contribution in [1.29, 1.82) is 0 Å². The lowest BCUT2D eigenvalue weighted by Crippen LogP contribution is -2.45. The van der Waals surface area contributed by atoms with Crippen molar-refractivity contribution in [1.82, 2.24) is 10.2 Å². The molecule has 122 valence electrons. The molecule has 1 aromatic carbocycles. The highest BCUT2D eigenvalue weighted by Gasteiger charge is 2.26. The molecular formula is C16H22ClFN2O2. The summed E-state index contributed by atoms with van der Waals surface area (Å²) >= 11 is 5.80. The average molecular weight is 329 g/mol. The zero-order valence-electron chi connectivity index (χ0n) is 13.2. The fourth-order valence-corrected chi connectivity index (χ4v) is 2.44. The van der Waals surface area contributed by atoms with Crippen molar-refractivity contribution in [3.8, 4) is 0 Å². The van der Waals surface area contributed by atoms with E-state index in [4.69, 9.17) is 16.3 Å². The normalized spacial score (nSPS) is 16.8. The van der Waals surface area contributed by atoms with E-state index in [1.165, 1.54) is 6.07 Å². The number of carbonyl (C=O) groups is 1. The van der Waals surface area contributed by atoms with Gasteiger partial charge in [0.15, 0.2) is 0 Å². The predicted octanol–water partition coefficient (Wildman–Crippen LogP) is 3.75. The van der Waals surface area contributed by atoms with Crippen LogP contribution in [0.1, 0.15) is 38.8 Å². The highest BCUT2D eigenvalue weighted by molar-refractivity contribution is 6.30. The number of hydrogen-bond donors (Lipinski definition) is 1. The van der Waals surface area contributed by atoms with Crippen LogP contribution in [-0.4, -0.2) is 36.2 Å². The summed E-state index contributed by atoms with van der Waals surface area (Å²) in [6, 6.07) is 4.03. The number of alkyl carbamates (subject to hydrolysis) is 1. The molecule has 1 aliphatic rings. The number of nitrogens with zero attached hydrogens (tertiary/aromatic N) is 1. The molecule has 1 saturated heterocycles. The van der Waals surface area contributed by atoms with Crippen molar-refractivity contribution < 1.29 is 13.9 Å². The van der Waals surface area contributed by atoms with Gasteiger partial charge >= 0.3 is 6.09 Å². The van der Waals surface area contributed by atoms with Gasteiger partial charge in [-0.3, -0.25) is 0 Å². The van der Waals surface area contributed by atoms with Gasteiger partial charge in [-0.1, -0.05) is 17.7 Å². The van der Waals surface area contributed by atoms with Crippen molar-refractivity contribution in [2.45, 2.75) is 38.8 Å². The Balaban J connectivity index is 2.13. The largest absolute Gasteiger partial charge is 0.444 e. The first-order valence-electron chi connectivity index (χ1n) is 7.41.